The van der Waals surface area contributed by atoms with Gasteiger partial charge in [0.1, 0.15) is 11.5 Å². The molecule has 1 aromatic heterocycles. The van der Waals surface area contributed by atoms with Gasteiger partial charge in [-0.1, -0.05) is 115 Å². The molecule has 42 heavy (non-hydrogen) atoms. The summed E-state index contributed by atoms with van der Waals surface area (Å²) in [6.45, 7) is 0. The minimum absolute atomic E-state index is 0.452. The molecule has 3 aliphatic rings. The first-order chi connectivity index (χ1) is 20.8. The van der Waals surface area contributed by atoms with Crippen LogP contribution in [-0.4, -0.2) is 9.97 Å². The Morgan fingerprint density at radius 2 is 1.26 bits per heavy atom. The van der Waals surface area contributed by atoms with E-state index < -0.39 is 5.41 Å². The molecule has 5 aromatic carbocycles. The predicted octanol–water partition coefficient (Wildman–Crippen LogP) is 8.99. The average molecular weight is 539 g/mol. The third-order valence-corrected chi connectivity index (χ3v) is 9.06. The van der Waals surface area contributed by atoms with Crippen molar-refractivity contribution >= 4 is 5.57 Å². The van der Waals surface area contributed by atoms with Crippen molar-refractivity contribution in [1.29, 1.82) is 0 Å². The molecule has 0 saturated carbocycles. The lowest BCUT2D eigenvalue weighted by molar-refractivity contribution is 0.436. The molecule has 0 amide bonds. The number of allylic oxidation sites excluding steroid dienone is 1. The van der Waals surface area contributed by atoms with Crippen LogP contribution in [0.15, 0.2) is 134 Å². The Labute approximate surface area is 244 Å². The molecule has 0 bridgehead atoms. The summed E-state index contributed by atoms with van der Waals surface area (Å²) in [7, 11) is 0. The van der Waals surface area contributed by atoms with Crippen LogP contribution in [0.5, 0.6) is 11.5 Å². The molecule has 0 radical (unpaired) electrons. The molecule has 3 nitrogen and oxygen atoms in total. The Kier molecular flexibility index (Phi) is 4.94. The largest absolute Gasteiger partial charge is 0.457 e. The molecule has 2 heterocycles. The maximum absolute atomic E-state index is 6.69. The topological polar surface area (TPSA) is 35.0 Å². The van der Waals surface area contributed by atoms with E-state index in [-0.39, 0.29) is 0 Å². The fourth-order valence-electron chi connectivity index (χ4n) is 7.31. The molecule has 0 atom stereocenters. The van der Waals surface area contributed by atoms with Gasteiger partial charge in [-0.25, -0.2) is 4.98 Å². The van der Waals surface area contributed by atoms with Gasteiger partial charge in [0.25, 0.3) is 0 Å². The number of hydrogen-bond donors (Lipinski definition) is 0. The highest BCUT2D eigenvalue weighted by Gasteiger charge is 2.50. The maximum Gasteiger partial charge on any atom is 0.132 e. The van der Waals surface area contributed by atoms with Crippen molar-refractivity contribution in [3.8, 4) is 33.9 Å². The van der Waals surface area contributed by atoms with E-state index in [1.165, 1.54) is 39.0 Å². The van der Waals surface area contributed by atoms with Crippen molar-refractivity contribution in [2.75, 3.05) is 0 Å². The number of benzene rings is 5. The van der Waals surface area contributed by atoms with Gasteiger partial charge in [-0.2, -0.15) is 0 Å². The molecule has 1 spiro atoms. The SMILES string of the molecule is C1=C(c2ccccc2)c2ncc(-c3ccc4c(c3)Oc3ccccc3C43c4ccccc4-c4ccccc43)nc2CC1. The Bertz CT molecular complexity index is 2030. The van der Waals surface area contributed by atoms with Crippen molar-refractivity contribution in [3.63, 3.8) is 0 Å². The zero-order valence-corrected chi connectivity index (χ0v) is 22.9. The third kappa shape index (κ3) is 3.16. The van der Waals surface area contributed by atoms with Gasteiger partial charge in [0, 0.05) is 22.3 Å². The summed E-state index contributed by atoms with van der Waals surface area (Å²) in [5, 5.41) is 0. The molecule has 0 unspecified atom stereocenters. The van der Waals surface area contributed by atoms with Crippen molar-refractivity contribution in [1.82, 2.24) is 9.97 Å². The molecular weight excluding hydrogens is 512 g/mol. The molecule has 1 aliphatic heterocycles. The monoisotopic (exact) mass is 538 g/mol. The number of para-hydroxylation sites is 1. The lowest BCUT2D eigenvalue weighted by Gasteiger charge is -2.39. The van der Waals surface area contributed by atoms with Crippen LogP contribution >= 0.6 is 0 Å². The first kappa shape index (κ1) is 23.4. The average Bonchev–Trinajstić information content (AvgIpc) is 3.35. The summed E-state index contributed by atoms with van der Waals surface area (Å²) in [5.41, 5.74) is 13.3. The number of rotatable bonds is 2. The smallest absolute Gasteiger partial charge is 0.132 e. The molecule has 0 fully saturated rings. The Morgan fingerprint density at radius 3 is 2.05 bits per heavy atom. The van der Waals surface area contributed by atoms with Gasteiger partial charge in [-0.15, -0.1) is 0 Å². The predicted molar refractivity (Wildman–Crippen MR) is 167 cm³/mol. The van der Waals surface area contributed by atoms with E-state index in [0.717, 1.165) is 52.5 Å². The van der Waals surface area contributed by atoms with Gasteiger partial charge < -0.3 is 4.74 Å². The van der Waals surface area contributed by atoms with E-state index >= 15 is 0 Å². The Morgan fingerprint density at radius 1 is 0.595 bits per heavy atom. The van der Waals surface area contributed by atoms with E-state index in [1.807, 2.05) is 12.3 Å². The number of aromatic nitrogens is 2. The quantitative estimate of drug-likeness (QED) is 0.220. The van der Waals surface area contributed by atoms with Crippen molar-refractivity contribution < 1.29 is 4.74 Å². The molecule has 0 saturated heterocycles. The second-order valence-corrected chi connectivity index (χ2v) is 11.2. The zero-order chi connectivity index (χ0) is 27.7. The summed E-state index contributed by atoms with van der Waals surface area (Å²) in [6, 6.07) is 43.2. The van der Waals surface area contributed by atoms with Crippen LogP contribution in [0.3, 0.4) is 0 Å². The fourth-order valence-corrected chi connectivity index (χ4v) is 7.31. The summed E-state index contributed by atoms with van der Waals surface area (Å²) in [5.74, 6) is 1.75. The van der Waals surface area contributed by atoms with E-state index in [2.05, 4.69) is 121 Å². The van der Waals surface area contributed by atoms with Crippen LogP contribution in [0.25, 0.3) is 28.0 Å². The molecule has 6 aromatic rings. The van der Waals surface area contributed by atoms with Crippen molar-refractivity contribution in [3.05, 3.63) is 173 Å². The maximum atomic E-state index is 6.69. The molecule has 2 aliphatic carbocycles. The number of ether oxygens (including phenoxy) is 1. The summed E-state index contributed by atoms with van der Waals surface area (Å²) >= 11 is 0. The van der Waals surface area contributed by atoms with Crippen molar-refractivity contribution in [2.24, 2.45) is 0 Å². The molecule has 0 N–H and O–H groups in total. The van der Waals surface area contributed by atoms with Gasteiger partial charge in [0.15, 0.2) is 0 Å². The Balaban J connectivity index is 1.22. The highest BCUT2D eigenvalue weighted by atomic mass is 16.5. The first-order valence-electron chi connectivity index (χ1n) is 14.6. The van der Waals surface area contributed by atoms with Gasteiger partial charge in [0.2, 0.25) is 0 Å². The fraction of sp³-hybridized carbons (Fsp3) is 0.0769. The molecule has 9 rings (SSSR count). The second kappa shape index (κ2) is 8.86. The van der Waals surface area contributed by atoms with E-state index in [1.54, 1.807) is 0 Å². The third-order valence-electron chi connectivity index (χ3n) is 9.06. The lowest BCUT2D eigenvalue weighted by Crippen LogP contribution is -2.32. The van der Waals surface area contributed by atoms with Crippen LogP contribution < -0.4 is 4.74 Å². The number of nitrogens with zero attached hydrogens (tertiary/aromatic N) is 2. The highest BCUT2D eigenvalue weighted by molar-refractivity contribution is 5.89. The van der Waals surface area contributed by atoms with E-state index in [9.17, 15) is 0 Å². The van der Waals surface area contributed by atoms with Crippen LogP contribution in [-0.2, 0) is 11.8 Å². The van der Waals surface area contributed by atoms with Gasteiger partial charge in [0.05, 0.1) is 28.7 Å². The Hall–Kier alpha value is -5.28. The summed E-state index contributed by atoms with van der Waals surface area (Å²) in [6.07, 6.45) is 6.04. The van der Waals surface area contributed by atoms with Crippen LogP contribution in [0.1, 0.15) is 45.6 Å². The number of aryl methyl sites for hydroxylation is 1. The lowest BCUT2D eigenvalue weighted by atomic mass is 9.66. The van der Waals surface area contributed by atoms with Crippen LogP contribution in [0.2, 0.25) is 0 Å². The van der Waals surface area contributed by atoms with E-state index in [4.69, 9.17) is 14.7 Å². The molecule has 3 heteroatoms. The highest BCUT2D eigenvalue weighted by Crippen LogP contribution is 2.62. The molecular formula is C39H26N2O. The standard InChI is InChI=1S/C39H26N2O/c1-2-11-25(12-3-1)27-15-10-19-34-38(27)40-24-35(41-34)26-21-22-33-37(23-26)42-36-20-9-8-18-32(36)39(33)30-16-6-4-13-28(30)29-14-5-7-17-31(29)39/h1-9,11-18,20-24H,10,19H2. The van der Waals surface area contributed by atoms with Gasteiger partial charge in [-0.3, -0.25) is 4.98 Å². The van der Waals surface area contributed by atoms with E-state index in [0.29, 0.717) is 0 Å². The number of hydrogen-bond acceptors (Lipinski definition) is 3. The first-order valence-corrected chi connectivity index (χ1v) is 14.6. The minimum atomic E-state index is -0.452. The number of fused-ring (bicyclic) bond motifs is 10. The van der Waals surface area contributed by atoms with Gasteiger partial charge in [-0.05, 0) is 52.8 Å². The minimum Gasteiger partial charge on any atom is -0.457 e. The van der Waals surface area contributed by atoms with Crippen molar-refractivity contribution in [2.45, 2.75) is 18.3 Å². The van der Waals surface area contributed by atoms with Gasteiger partial charge >= 0.3 is 0 Å². The summed E-state index contributed by atoms with van der Waals surface area (Å²) in [4.78, 5) is 10.1. The van der Waals surface area contributed by atoms with Crippen LogP contribution in [0, 0.1) is 0 Å². The summed E-state index contributed by atoms with van der Waals surface area (Å²) < 4.78 is 6.69. The normalized spacial score (nSPS) is 15.0. The van der Waals surface area contributed by atoms with Crippen LogP contribution in [0.4, 0.5) is 0 Å². The molecule has 198 valence electrons. The second-order valence-electron chi connectivity index (χ2n) is 11.2. The zero-order valence-electron chi connectivity index (χ0n) is 22.9.